The van der Waals surface area contributed by atoms with E-state index in [0.717, 1.165) is 32.4 Å². The lowest BCUT2D eigenvalue weighted by Crippen LogP contribution is -2.31. The number of hydrogen-bond acceptors (Lipinski definition) is 8. The SMILES string of the molecule is O=C(Nc1ccc(S(=O)(=O)Nc2ncccn2)cc1)c1cc([N+](=O)[O-])ccc1N1CCCCC1. The molecule has 3 aromatic rings. The van der Waals surface area contributed by atoms with E-state index in [0.29, 0.717) is 11.4 Å². The van der Waals surface area contributed by atoms with Gasteiger partial charge >= 0.3 is 0 Å². The van der Waals surface area contributed by atoms with Gasteiger partial charge in [-0.15, -0.1) is 0 Å². The van der Waals surface area contributed by atoms with Crippen molar-refractivity contribution in [1.29, 1.82) is 0 Å². The van der Waals surface area contributed by atoms with Gasteiger partial charge in [0.05, 0.1) is 21.1 Å². The molecule has 0 bridgehead atoms. The van der Waals surface area contributed by atoms with Crippen molar-refractivity contribution in [2.24, 2.45) is 0 Å². The fourth-order valence-corrected chi connectivity index (χ4v) is 4.63. The monoisotopic (exact) mass is 482 g/mol. The molecule has 1 amide bonds. The Morgan fingerprint density at radius 1 is 1.00 bits per heavy atom. The molecule has 1 saturated heterocycles. The fourth-order valence-electron chi connectivity index (χ4n) is 3.68. The van der Waals surface area contributed by atoms with E-state index in [9.17, 15) is 23.3 Å². The standard InChI is InChI=1S/C22H22N6O5S/c29-21(19-15-17(28(30)31)7-10-20(19)27-13-2-1-3-14-27)25-16-5-8-18(9-6-16)34(32,33)26-22-23-11-4-12-24-22/h4-12,15H,1-3,13-14H2,(H,25,29)(H,23,24,26). The first-order valence-electron chi connectivity index (χ1n) is 10.6. The van der Waals surface area contributed by atoms with Gasteiger partial charge in [0.25, 0.3) is 21.6 Å². The maximum Gasteiger partial charge on any atom is 0.270 e. The zero-order valence-corrected chi connectivity index (χ0v) is 18.9. The maximum atomic E-state index is 13.1. The van der Waals surface area contributed by atoms with Crippen molar-refractivity contribution in [2.75, 3.05) is 28.0 Å². The molecule has 12 heteroatoms. The summed E-state index contributed by atoms with van der Waals surface area (Å²) in [4.78, 5) is 33.5. The smallest absolute Gasteiger partial charge is 0.270 e. The Hall–Kier alpha value is -4.06. The van der Waals surface area contributed by atoms with Gasteiger partial charge in [0.2, 0.25) is 5.95 Å². The van der Waals surface area contributed by atoms with Crippen LogP contribution >= 0.6 is 0 Å². The first-order valence-corrected chi connectivity index (χ1v) is 12.1. The molecule has 1 aliphatic rings. The van der Waals surface area contributed by atoms with E-state index in [-0.39, 0.29) is 22.1 Å². The number of nitro benzene ring substituents is 1. The van der Waals surface area contributed by atoms with E-state index >= 15 is 0 Å². The Balaban J connectivity index is 1.54. The largest absolute Gasteiger partial charge is 0.371 e. The number of non-ortho nitro benzene ring substituents is 1. The molecular weight excluding hydrogens is 460 g/mol. The summed E-state index contributed by atoms with van der Waals surface area (Å²) in [7, 11) is -3.92. The average molecular weight is 483 g/mol. The number of hydrogen-bond donors (Lipinski definition) is 2. The first kappa shape index (κ1) is 23.1. The molecule has 0 atom stereocenters. The Bertz CT molecular complexity index is 1290. The molecule has 0 unspecified atom stereocenters. The lowest BCUT2D eigenvalue weighted by molar-refractivity contribution is -0.384. The van der Waals surface area contributed by atoms with Crippen LogP contribution in [0.4, 0.5) is 23.0 Å². The topological polar surface area (TPSA) is 147 Å². The molecule has 2 heterocycles. The Kier molecular flexibility index (Phi) is 6.68. The van der Waals surface area contributed by atoms with Crippen LogP contribution in [0.2, 0.25) is 0 Å². The highest BCUT2D eigenvalue weighted by molar-refractivity contribution is 7.92. The molecule has 2 aromatic carbocycles. The number of sulfonamides is 1. The molecule has 2 N–H and O–H groups in total. The number of rotatable bonds is 7. The van der Waals surface area contributed by atoms with Crippen molar-refractivity contribution in [3.05, 3.63) is 76.6 Å². The molecule has 1 aromatic heterocycles. The Morgan fingerprint density at radius 3 is 2.32 bits per heavy atom. The quantitative estimate of drug-likeness (QED) is 0.384. The van der Waals surface area contributed by atoms with Gasteiger partial charge in [-0.2, -0.15) is 0 Å². The van der Waals surface area contributed by atoms with Gasteiger partial charge in [-0.3, -0.25) is 14.9 Å². The third-order valence-electron chi connectivity index (χ3n) is 5.35. The minimum Gasteiger partial charge on any atom is -0.371 e. The number of carbonyl (C=O) groups is 1. The van der Waals surface area contributed by atoms with Crippen LogP contribution in [0, 0.1) is 10.1 Å². The number of benzene rings is 2. The van der Waals surface area contributed by atoms with Crippen LogP contribution in [-0.2, 0) is 10.0 Å². The Labute approximate surface area is 196 Å². The molecule has 0 radical (unpaired) electrons. The van der Waals surface area contributed by atoms with Crippen molar-refractivity contribution in [3.63, 3.8) is 0 Å². The highest BCUT2D eigenvalue weighted by atomic mass is 32.2. The molecule has 1 aliphatic heterocycles. The summed E-state index contributed by atoms with van der Waals surface area (Å²) in [6.45, 7) is 1.53. The van der Waals surface area contributed by atoms with Crippen LogP contribution in [0.25, 0.3) is 0 Å². The van der Waals surface area contributed by atoms with E-state index < -0.39 is 20.9 Å². The molecule has 4 rings (SSSR count). The second-order valence-electron chi connectivity index (χ2n) is 7.66. The van der Waals surface area contributed by atoms with Gasteiger partial charge in [-0.25, -0.2) is 23.1 Å². The first-order chi connectivity index (χ1) is 16.3. The lowest BCUT2D eigenvalue weighted by Gasteiger charge is -2.30. The number of anilines is 3. The zero-order chi connectivity index (χ0) is 24.1. The second-order valence-corrected chi connectivity index (χ2v) is 9.35. The third kappa shape index (κ3) is 5.29. The molecule has 11 nitrogen and oxygen atoms in total. The zero-order valence-electron chi connectivity index (χ0n) is 18.0. The molecule has 0 aliphatic carbocycles. The predicted molar refractivity (Wildman–Crippen MR) is 126 cm³/mol. The molecular formula is C22H22N6O5S. The maximum absolute atomic E-state index is 13.1. The van der Waals surface area contributed by atoms with Gasteiger partial charge in [0, 0.05) is 43.3 Å². The summed E-state index contributed by atoms with van der Waals surface area (Å²) >= 11 is 0. The summed E-state index contributed by atoms with van der Waals surface area (Å²) < 4.78 is 27.3. The van der Waals surface area contributed by atoms with Crippen molar-refractivity contribution in [3.8, 4) is 0 Å². The third-order valence-corrected chi connectivity index (χ3v) is 6.69. The summed E-state index contributed by atoms with van der Waals surface area (Å²) in [5.41, 5.74) is 0.988. The number of nitrogens with one attached hydrogen (secondary N) is 2. The molecule has 176 valence electrons. The van der Waals surface area contributed by atoms with Crippen LogP contribution in [-0.4, -0.2) is 42.3 Å². The lowest BCUT2D eigenvalue weighted by atomic mass is 10.1. The number of amides is 1. The van der Waals surface area contributed by atoms with Crippen LogP contribution in [0.3, 0.4) is 0 Å². The summed E-state index contributed by atoms with van der Waals surface area (Å²) in [6.07, 6.45) is 5.89. The fraction of sp³-hybridized carbons (Fsp3) is 0.227. The predicted octanol–water partition coefficient (Wildman–Crippen LogP) is 3.43. The van der Waals surface area contributed by atoms with Crippen molar-refractivity contribution in [1.82, 2.24) is 9.97 Å². The Morgan fingerprint density at radius 2 is 1.68 bits per heavy atom. The highest BCUT2D eigenvalue weighted by Gasteiger charge is 2.22. The summed E-state index contributed by atoms with van der Waals surface area (Å²) in [5, 5.41) is 14.0. The van der Waals surface area contributed by atoms with Gasteiger partial charge in [-0.05, 0) is 55.7 Å². The van der Waals surface area contributed by atoms with Crippen molar-refractivity contribution < 1.29 is 18.1 Å². The van der Waals surface area contributed by atoms with Crippen LogP contribution < -0.4 is 14.9 Å². The van der Waals surface area contributed by atoms with Crippen LogP contribution in [0.15, 0.2) is 65.8 Å². The average Bonchev–Trinajstić information content (AvgIpc) is 2.85. The molecule has 0 saturated carbocycles. The minimum atomic E-state index is -3.92. The van der Waals surface area contributed by atoms with Gasteiger partial charge in [0.15, 0.2) is 0 Å². The van der Waals surface area contributed by atoms with E-state index in [1.54, 1.807) is 12.1 Å². The van der Waals surface area contributed by atoms with Gasteiger partial charge in [-0.1, -0.05) is 0 Å². The van der Waals surface area contributed by atoms with E-state index in [4.69, 9.17) is 0 Å². The van der Waals surface area contributed by atoms with E-state index in [2.05, 4.69) is 24.9 Å². The number of nitrogens with zero attached hydrogens (tertiary/aromatic N) is 4. The number of carbonyl (C=O) groups excluding carboxylic acids is 1. The van der Waals surface area contributed by atoms with Crippen LogP contribution in [0.5, 0.6) is 0 Å². The summed E-state index contributed by atoms with van der Waals surface area (Å²) in [5.74, 6) is -0.577. The van der Waals surface area contributed by atoms with E-state index in [1.807, 2.05) is 0 Å². The molecule has 1 fully saturated rings. The van der Waals surface area contributed by atoms with Crippen LogP contribution in [0.1, 0.15) is 29.6 Å². The second kappa shape index (κ2) is 9.83. The van der Waals surface area contributed by atoms with Crippen molar-refractivity contribution >= 4 is 38.9 Å². The summed E-state index contributed by atoms with van der Waals surface area (Å²) in [6, 6.07) is 11.4. The number of nitro groups is 1. The molecule has 0 spiro atoms. The van der Waals surface area contributed by atoms with Crippen molar-refractivity contribution in [2.45, 2.75) is 24.2 Å². The van der Waals surface area contributed by atoms with E-state index in [1.165, 1.54) is 48.8 Å². The number of piperidine rings is 1. The normalized spacial score (nSPS) is 13.8. The van der Waals surface area contributed by atoms with Gasteiger partial charge < -0.3 is 10.2 Å². The minimum absolute atomic E-state index is 0.0395. The molecule has 34 heavy (non-hydrogen) atoms. The number of aromatic nitrogens is 2. The highest BCUT2D eigenvalue weighted by Crippen LogP contribution is 2.29. The van der Waals surface area contributed by atoms with Gasteiger partial charge in [0.1, 0.15) is 0 Å².